The molecule has 0 heterocycles. The third kappa shape index (κ3) is 4.04. The van der Waals surface area contributed by atoms with Gasteiger partial charge < -0.3 is 14.2 Å². The van der Waals surface area contributed by atoms with Gasteiger partial charge in [0.05, 0.1) is 19.8 Å². The van der Waals surface area contributed by atoms with Gasteiger partial charge in [-0.15, -0.1) is 12.4 Å². The van der Waals surface area contributed by atoms with E-state index in [2.05, 4.69) is 0 Å². The Bertz CT molecular complexity index is 445. The lowest BCUT2D eigenvalue weighted by molar-refractivity contribution is 0.200. The van der Waals surface area contributed by atoms with E-state index >= 15 is 0 Å². The molecule has 0 amide bonds. The molecule has 0 bridgehead atoms. The molecule has 0 aliphatic heterocycles. The normalized spacial score (nSPS) is 14.5. The van der Waals surface area contributed by atoms with Gasteiger partial charge >= 0.3 is 0 Å². The van der Waals surface area contributed by atoms with Crippen molar-refractivity contribution in [3.05, 3.63) is 23.8 Å². The summed E-state index contributed by atoms with van der Waals surface area (Å²) in [7, 11) is 1.62. The van der Waals surface area contributed by atoms with Gasteiger partial charge in [0, 0.05) is 5.56 Å². The Morgan fingerprint density at radius 1 is 1.25 bits per heavy atom. The largest absolute Gasteiger partial charge is 0.493 e. The molecule has 5 heteroatoms. The molecule has 0 aromatic heterocycles. The van der Waals surface area contributed by atoms with Gasteiger partial charge in [0.15, 0.2) is 11.5 Å². The summed E-state index contributed by atoms with van der Waals surface area (Å²) in [6.07, 6.45) is 4.99. The number of hydrogen-bond acceptors (Lipinski definition) is 4. The number of ether oxygens (including phenoxy) is 3. The van der Waals surface area contributed by atoms with Crippen LogP contribution in [0.15, 0.2) is 18.2 Å². The molecule has 1 aliphatic carbocycles. The Morgan fingerprint density at radius 2 is 1.95 bits per heavy atom. The Labute approximate surface area is 126 Å². The van der Waals surface area contributed by atoms with Gasteiger partial charge in [-0.25, -0.2) is 0 Å². The predicted octanol–water partition coefficient (Wildman–Crippen LogP) is 3.80. The van der Waals surface area contributed by atoms with E-state index in [1.54, 1.807) is 13.2 Å². The summed E-state index contributed by atoms with van der Waals surface area (Å²) in [5.41, 5.74) is 0.706. The molecule has 112 valence electrons. The van der Waals surface area contributed by atoms with Crippen molar-refractivity contribution in [1.29, 1.82) is 5.41 Å². The molecule has 1 saturated carbocycles. The van der Waals surface area contributed by atoms with Crippen LogP contribution in [0, 0.1) is 5.41 Å². The van der Waals surface area contributed by atoms with Crippen molar-refractivity contribution in [3.8, 4) is 11.5 Å². The molecule has 1 aromatic rings. The second-order valence-electron chi connectivity index (χ2n) is 4.65. The lowest BCUT2D eigenvalue weighted by Gasteiger charge is -2.16. The Balaban J connectivity index is 0.00000200. The quantitative estimate of drug-likeness (QED) is 0.664. The molecule has 0 unspecified atom stereocenters. The highest BCUT2D eigenvalue weighted by molar-refractivity contribution is 5.92. The van der Waals surface area contributed by atoms with Gasteiger partial charge in [-0.1, -0.05) is 0 Å². The van der Waals surface area contributed by atoms with Crippen LogP contribution in [0.4, 0.5) is 0 Å². The molecule has 0 saturated heterocycles. The SMILES string of the molecule is CCOC(=N)c1ccc(OC2CCCC2)c(OC)c1.Cl. The zero-order chi connectivity index (χ0) is 13.7. The van der Waals surface area contributed by atoms with E-state index < -0.39 is 0 Å². The number of benzene rings is 1. The van der Waals surface area contributed by atoms with E-state index in [-0.39, 0.29) is 18.3 Å². The van der Waals surface area contributed by atoms with Crippen LogP contribution in [0.5, 0.6) is 11.5 Å². The molecule has 1 fully saturated rings. The summed E-state index contributed by atoms with van der Waals surface area (Å²) in [4.78, 5) is 0. The molecular weight excluding hydrogens is 278 g/mol. The molecule has 1 aromatic carbocycles. The van der Waals surface area contributed by atoms with Gasteiger partial charge in [0.2, 0.25) is 5.90 Å². The maximum absolute atomic E-state index is 7.78. The fourth-order valence-electron chi connectivity index (χ4n) is 2.32. The first-order valence-corrected chi connectivity index (χ1v) is 6.81. The monoisotopic (exact) mass is 299 g/mol. The zero-order valence-electron chi connectivity index (χ0n) is 12.0. The lowest BCUT2D eigenvalue weighted by Crippen LogP contribution is -2.12. The molecule has 0 spiro atoms. The van der Waals surface area contributed by atoms with E-state index in [0.29, 0.717) is 24.0 Å². The Kier molecular flexibility index (Phi) is 6.65. The molecule has 1 N–H and O–H groups in total. The third-order valence-electron chi connectivity index (χ3n) is 3.31. The minimum atomic E-state index is 0. The van der Waals surface area contributed by atoms with Crippen LogP contribution < -0.4 is 9.47 Å². The number of nitrogens with one attached hydrogen (secondary N) is 1. The van der Waals surface area contributed by atoms with Crippen LogP contribution in [0.3, 0.4) is 0 Å². The Hall–Kier alpha value is -1.42. The highest BCUT2D eigenvalue weighted by atomic mass is 35.5. The average Bonchev–Trinajstić information content (AvgIpc) is 2.92. The first-order valence-electron chi connectivity index (χ1n) is 6.81. The number of hydrogen-bond donors (Lipinski definition) is 1. The van der Waals surface area contributed by atoms with Crippen LogP contribution in [0.25, 0.3) is 0 Å². The lowest BCUT2D eigenvalue weighted by atomic mass is 10.2. The average molecular weight is 300 g/mol. The van der Waals surface area contributed by atoms with Crippen LogP contribution in [-0.2, 0) is 4.74 Å². The second-order valence-corrected chi connectivity index (χ2v) is 4.65. The smallest absolute Gasteiger partial charge is 0.213 e. The second kappa shape index (κ2) is 8.00. The zero-order valence-corrected chi connectivity index (χ0v) is 12.8. The van der Waals surface area contributed by atoms with E-state index in [9.17, 15) is 0 Å². The predicted molar refractivity (Wildman–Crippen MR) is 81.6 cm³/mol. The summed E-state index contributed by atoms with van der Waals surface area (Å²) >= 11 is 0. The van der Waals surface area contributed by atoms with E-state index in [4.69, 9.17) is 19.6 Å². The number of methoxy groups -OCH3 is 1. The van der Waals surface area contributed by atoms with Crippen molar-refractivity contribution >= 4 is 18.3 Å². The maximum Gasteiger partial charge on any atom is 0.213 e. The topological polar surface area (TPSA) is 51.5 Å². The third-order valence-corrected chi connectivity index (χ3v) is 3.31. The molecule has 0 atom stereocenters. The van der Waals surface area contributed by atoms with Gasteiger partial charge in [0.1, 0.15) is 0 Å². The van der Waals surface area contributed by atoms with Crippen LogP contribution >= 0.6 is 12.4 Å². The van der Waals surface area contributed by atoms with Crippen LogP contribution in [0.2, 0.25) is 0 Å². The summed E-state index contributed by atoms with van der Waals surface area (Å²) in [5.74, 6) is 1.57. The summed E-state index contributed by atoms with van der Waals surface area (Å²) < 4.78 is 16.5. The van der Waals surface area contributed by atoms with Gasteiger partial charge in [-0.2, -0.15) is 0 Å². The first kappa shape index (κ1) is 16.6. The molecule has 20 heavy (non-hydrogen) atoms. The molecule has 4 nitrogen and oxygen atoms in total. The molecule has 2 rings (SSSR count). The Morgan fingerprint density at radius 3 is 2.55 bits per heavy atom. The molecular formula is C15H22ClNO3. The number of rotatable bonds is 5. The summed E-state index contributed by atoms with van der Waals surface area (Å²) in [5, 5.41) is 7.78. The minimum absolute atomic E-state index is 0. The highest BCUT2D eigenvalue weighted by Crippen LogP contribution is 2.32. The van der Waals surface area contributed by atoms with Gasteiger partial charge in [-0.05, 0) is 50.8 Å². The van der Waals surface area contributed by atoms with E-state index in [1.165, 1.54) is 12.8 Å². The van der Waals surface area contributed by atoms with Crippen molar-refractivity contribution < 1.29 is 14.2 Å². The summed E-state index contributed by atoms with van der Waals surface area (Å²) in [6, 6.07) is 5.49. The van der Waals surface area contributed by atoms with Crippen LogP contribution in [0.1, 0.15) is 38.2 Å². The fraction of sp³-hybridized carbons (Fsp3) is 0.533. The van der Waals surface area contributed by atoms with Crippen molar-refractivity contribution in [3.63, 3.8) is 0 Å². The van der Waals surface area contributed by atoms with Crippen molar-refractivity contribution in [2.45, 2.75) is 38.7 Å². The maximum atomic E-state index is 7.78. The standard InChI is InChI=1S/C15H21NO3.ClH/c1-3-18-15(16)11-8-9-13(14(10-11)17-2)19-12-6-4-5-7-12;/h8-10,12,16H,3-7H2,1-2H3;1H. The molecule has 0 radical (unpaired) electrons. The molecule has 1 aliphatic rings. The van der Waals surface area contributed by atoms with Crippen molar-refractivity contribution in [2.75, 3.05) is 13.7 Å². The van der Waals surface area contributed by atoms with Crippen LogP contribution in [-0.4, -0.2) is 25.7 Å². The van der Waals surface area contributed by atoms with Crippen molar-refractivity contribution in [2.24, 2.45) is 0 Å². The van der Waals surface area contributed by atoms with E-state index in [1.807, 2.05) is 19.1 Å². The minimum Gasteiger partial charge on any atom is -0.493 e. The fourth-order valence-corrected chi connectivity index (χ4v) is 2.32. The van der Waals surface area contributed by atoms with Gasteiger partial charge in [-0.3, -0.25) is 5.41 Å². The van der Waals surface area contributed by atoms with Crippen molar-refractivity contribution in [1.82, 2.24) is 0 Å². The highest BCUT2D eigenvalue weighted by Gasteiger charge is 2.19. The first-order chi connectivity index (χ1) is 9.24. The summed E-state index contributed by atoms with van der Waals surface area (Å²) in [6.45, 7) is 2.35. The van der Waals surface area contributed by atoms with Gasteiger partial charge in [0.25, 0.3) is 0 Å². The van der Waals surface area contributed by atoms with E-state index in [0.717, 1.165) is 18.6 Å². The number of halogens is 1.